The maximum absolute atomic E-state index is 12.9. The Hall–Kier alpha value is -3.09. The minimum atomic E-state index is -0.639. The van der Waals surface area contributed by atoms with E-state index in [4.69, 9.17) is 10.5 Å². The molecule has 7 nitrogen and oxygen atoms in total. The average molecular weight is 438 g/mol. The number of nitrogens with zero attached hydrogens (tertiary/aromatic N) is 2. The van der Waals surface area contributed by atoms with E-state index in [9.17, 15) is 14.4 Å². The standard InChI is InChI=1S/C25H31N3O4/c26-24(30)23-20-9-4-3-8-19(20)11-12-21(23)32-25(31)28-15-5-14-27(16-17-28)22(29)13-10-18-6-1-2-7-18/h3-4,8-9,11-12,18H,1-2,5-7,10,13-17H2,(H2,26,30). The number of primary amides is 1. The first-order valence-electron chi connectivity index (χ1n) is 11.6. The Morgan fingerprint density at radius 2 is 1.62 bits per heavy atom. The van der Waals surface area contributed by atoms with E-state index in [1.165, 1.54) is 25.7 Å². The molecule has 1 saturated heterocycles. The summed E-state index contributed by atoms with van der Waals surface area (Å²) in [5, 5.41) is 1.50. The summed E-state index contributed by atoms with van der Waals surface area (Å²) >= 11 is 0. The second-order valence-corrected chi connectivity index (χ2v) is 8.80. The van der Waals surface area contributed by atoms with Gasteiger partial charge in [0.1, 0.15) is 5.75 Å². The zero-order valence-electron chi connectivity index (χ0n) is 18.4. The van der Waals surface area contributed by atoms with Crippen molar-refractivity contribution < 1.29 is 19.1 Å². The zero-order chi connectivity index (χ0) is 22.5. The van der Waals surface area contributed by atoms with Crippen LogP contribution in [-0.4, -0.2) is 53.9 Å². The molecule has 2 N–H and O–H groups in total. The van der Waals surface area contributed by atoms with Gasteiger partial charge in [-0.1, -0.05) is 56.0 Å². The van der Waals surface area contributed by atoms with Gasteiger partial charge in [-0.15, -0.1) is 0 Å². The summed E-state index contributed by atoms with van der Waals surface area (Å²) in [5.41, 5.74) is 5.80. The number of nitrogens with two attached hydrogens (primary N) is 1. The first-order valence-corrected chi connectivity index (χ1v) is 11.6. The molecule has 0 radical (unpaired) electrons. The zero-order valence-corrected chi connectivity index (χ0v) is 18.4. The Morgan fingerprint density at radius 1 is 0.906 bits per heavy atom. The van der Waals surface area contributed by atoms with Crippen molar-refractivity contribution in [3.8, 4) is 5.75 Å². The topological polar surface area (TPSA) is 92.9 Å². The van der Waals surface area contributed by atoms with Gasteiger partial charge in [0.25, 0.3) is 5.91 Å². The third-order valence-electron chi connectivity index (χ3n) is 6.68. The van der Waals surface area contributed by atoms with Crippen molar-refractivity contribution >= 4 is 28.7 Å². The highest BCUT2D eigenvalue weighted by Crippen LogP contribution is 2.29. The molecule has 4 rings (SSSR count). The summed E-state index contributed by atoms with van der Waals surface area (Å²) in [6.07, 6.45) is 6.80. The largest absolute Gasteiger partial charge is 0.415 e. The molecule has 7 heteroatoms. The molecule has 1 aliphatic heterocycles. The van der Waals surface area contributed by atoms with Gasteiger partial charge in [0, 0.05) is 32.6 Å². The van der Waals surface area contributed by atoms with Crippen LogP contribution in [0.15, 0.2) is 36.4 Å². The van der Waals surface area contributed by atoms with Crippen LogP contribution in [0.3, 0.4) is 0 Å². The SMILES string of the molecule is NC(=O)c1c(OC(=O)N2CCCN(C(=O)CCC3CCCC3)CC2)ccc2ccccc12. The van der Waals surface area contributed by atoms with Gasteiger partial charge in [-0.05, 0) is 35.6 Å². The summed E-state index contributed by atoms with van der Waals surface area (Å²) in [6, 6.07) is 10.8. The van der Waals surface area contributed by atoms with Gasteiger partial charge in [-0.25, -0.2) is 4.79 Å². The van der Waals surface area contributed by atoms with Gasteiger partial charge >= 0.3 is 6.09 Å². The minimum Gasteiger partial charge on any atom is -0.409 e. The summed E-state index contributed by atoms with van der Waals surface area (Å²) < 4.78 is 5.60. The highest BCUT2D eigenvalue weighted by atomic mass is 16.6. The molecule has 1 aliphatic carbocycles. The van der Waals surface area contributed by atoms with E-state index < -0.39 is 12.0 Å². The molecule has 0 unspecified atom stereocenters. The fourth-order valence-electron chi connectivity index (χ4n) is 4.88. The van der Waals surface area contributed by atoms with Crippen molar-refractivity contribution in [2.75, 3.05) is 26.2 Å². The van der Waals surface area contributed by atoms with Crippen LogP contribution < -0.4 is 10.5 Å². The van der Waals surface area contributed by atoms with Gasteiger partial charge in [0.2, 0.25) is 5.91 Å². The van der Waals surface area contributed by atoms with Crippen molar-refractivity contribution in [1.29, 1.82) is 0 Å². The summed E-state index contributed by atoms with van der Waals surface area (Å²) in [6.45, 7) is 2.06. The molecule has 2 aromatic carbocycles. The van der Waals surface area contributed by atoms with Gasteiger partial charge in [0.05, 0.1) is 5.56 Å². The molecule has 0 spiro atoms. The lowest BCUT2D eigenvalue weighted by molar-refractivity contribution is -0.131. The molecule has 3 amide bonds. The normalized spacial score (nSPS) is 17.4. The quantitative estimate of drug-likeness (QED) is 0.767. The second kappa shape index (κ2) is 10.0. The number of ether oxygens (including phenoxy) is 1. The second-order valence-electron chi connectivity index (χ2n) is 8.80. The van der Waals surface area contributed by atoms with Crippen LogP contribution in [0.25, 0.3) is 10.8 Å². The first kappa shape index (κ1) is 22.1. The molecule has 2 aliphatic rings. The van der Waals surface area contributed by atoms with Crippen molar-refractivity contribution in [3.63, 3.8) is 0 Å². The van der Waals surface area contributed by atoms with Crippen LogP contribution in [0.5, 0.6) is 5.75 Å². The Labute approximate surface area is 188 Å². The molecular formula is C25H31N3O4. The van der Waals surface area contributed by atoms with Crippen LogP contribution in [0.2, 0.25) is 0 Å². The Morgan fingerprint density at radius 3 is 2.41 bits per heavy atom. The summed E-state index contributed by atoms with van der Waals surface area (Å²) in [5.74, 6) is 0.394. The number of amides is 3. The van der Waals surface area contributed by atoms with E-state index in [1.54, 1.807) is 23.1 Å². The number of hydrogen-bond donors (Lipinski definition) is 1. The lowest BCUT2D eigenvalue weighted by Crippen LogP contribution is -2.38. The van der Waals surface area contributed by atoms with Crippen molar-refractivity contribution in [3.05, 3.63) is 42.0 Å². The van der Waals surface area contributed by atoms with Crippen LogP contribution in [0.1, 0.15) is 55.3 Å². The Kier molecular flexibility index (Phi) is 6.93. The molecule has 170 valence electrons. The maximum Gasteiger partial charge on any atom is 0.415 e. The third kappa shape index (κ3) is 5.03. The number of carbonyl (C=O) groups excluding carboxylic acids is 3. The van der Waals surface area contributed by atoms with E-state index in [-0.39, 0.29) is 17.2 Å². The van der Waals surface area contributed by atoms with E-state index in [0.717, 1.165) is 11.8 Å². The fourth-order valence-corrected chi connectivity index (χ4v) is 4.88. The minimum absolute atomic E-state index is 0.162. The molecule has 1 heterocycles. The molecule has 2 aromatic rings. The fraction of sp³-hybridized carbons (Fsp3) is 0.480. The number of hydrogen-bond acceptors (Lipinski definition) is 4. The molecule has 0 bridgehead atoms. The predicted molar refractivity (Wildman–Crippen MR) is 122 cm³/mol. The molecule has 32 heavy (non-hydrogen) atoms. The lowest BCUT2D eigenvalue weighted by Gasteiger charge is -2.22. The molecule has 2 fully saturated rings. The van der Waals surface area contributed by atoms with E-state index >= 15 is 0 Å². The van der Waals surface area contributed by atoms with Gasteiger partial charge in [-0.2, -0.15) is 0 Å². The first-order chi connectivity index (χ1) is 15.5. The van der Waals surface area contributed by atoms with E-state index in [0.29, 0.717) is 50.3 Å². The monoisotopic (exact) mass is 437 g/mol. The van der Waals surface area contributed by atoms with Gasteiger partial charge < -0.3 is 20.3 Å². The molecular weight excluding hydrogens is 406 g/mol. The van der Waals surface area contributed by atoms with Crippen molar-refractivity contribution in [2.45, 2.75) is 44.9 Å². The molecule has 1 saturated carbocycles. The number of benzene rings is 2. The van der Waals surface area contributed by atoms with Gasteiger partial charge in [0.15, 0.2) is 0 Å². The Balaban J connectivity index is 1.37. The summed E-state index contributed by atoms with van der Waals surface area (Å²) in [4.78, 5) is 41.1. The van der Waals surface area contributed by atoms with Crippen LogP contribution in [-0.2, 0) is 4.79 Å². The van der Waals surface area contributed by atoms with E-state index in [1.807, 2.05) is 23.1 Å². The lowest BCUT2D eigenvalue weighted by atomic mass is 10.0. The summed E-state index contributed by atoms with van der Waals surface area (Å²) in [7, 11) is 0. The number of fused-ring (bicyclic) bond motifs is 1. The average Bonchev–Trinajstić information content (AvgIpc) is 3.19. The van der Waals surface area contributed by atoms with Crippen LogP contribution >= 0.6 is 0 Å². The predicted octanol–water partition coefficient (Wildman–Crippen LogP) is 3.94. The highest BCUT2D eigenvalue weighted by molar-refractivity contribution is 6.09. The number of rotatable bonds is 5. The Bertz CT molecular complexity index is 1000. The van der Waals surface area contributed by atoms with E-state index in [2.05, 4.69) is 0 Å². The van der Waals surface area contributed by atoms with Gasteiger partial charge in [-0.3, -0.25) is 9.59 Å². The van der Waals surface area contributed by atoms with Crippen LogP contribution in [0.4, 0.5) is 4.79 Å². The van der Waals surface area contributed by atoms with Crippen molar-refractivity contribution in [2.24, 2.45) is 11.7 Å². The van der Waals surface area contributed by atoms with Crippen molar-refractivity contribution in [1.82, 2.24) is 9.80 Å². The molecule has 0 aromatic heterocycles. The van der Waals surface area contributed by atoms with Crippen LogP contribution in [0, 0.1) is 5.92 Å². The smallest absolute Gasteiger partial charge is 0.409 e. The highest BCUT2D eigenvalue weighted by Gasteiger charge is 2.25. The third-order valence-corrected chi connectivity index (χ3v) is 6.68. The number of carbonyl (C=O) groups is 3. The molecule has 0 atom stereocenters. The maximum atomic E-state index is 12.9.